The van der Waals surface area contributed by atoms with E-state index in [1.165, 1.54) is 12.1 Å². The smallest absolute Gasteiger partial charge is 0.287 e. The van der Waals surface area contributed by atoms with Crippen molar-refractivity contribution in [2.24, 2.45) is 0 Å². The van der Waals surface area contributed by atoms with Crippen LogP contribution < -0.4 is 16.1 Å². The molecule has 0 saturated carbocycles. The van der Waals surface area contributed by atoms with Crippen molar-refractivity contribution in [3.05, 3.63) is 75.9 Å². The third-order valence-corrected chi connectivity index (χ3v) is 3.58. The fourth-order valence-electron chi connectivity index (χ4n) is 2.28. The number of nitrogens with one attached hydrogen (secondary N) is 2. The molecule has 0 atom stereocenters. The van der Waals surface area contributed by atoms with Crippen molar-refractivity contribution in [2.45, 2.75) is 0 Å². The summed E-state index contributed by atoms with van der Waals surface area (Å²) < 4.78 is 44.8. The molecule has 1 aromatic heterocycles. The molecule has 0 spiro atoms. The summed E-state index contributed by atoms with van der Waals surface area (Å²) in [5.74, 6) is -6.74. The van der Waals surface area contributed by atoms with Gasteiger partial charge in [0, 0.05) is 6.07 Å². The molecule has 3 rings (SSSR count). The van der Waals surface area contributed by atoms with E-state index in [0.29, 0.717) is 11.5 Å². The summed E-state index contributed by atoms with van der Waals surface area (Å²) in [5, 5.41) is 4.47. The van der Waals surface area contributed by atoms with Crippen LogP contribution in [0.3, 0.4) is 0 Å². The molecular formula is C18H11F3N2O4. The zero-order valence-corrected chi connectivity index (χ0v) is 13.5. The normalized spacial score (nSPS) is 10.6. The van der Waals surface area contributed by atoms with E-state index in [-0.39, 0.29) is 11.3 Å². The van der Waals surface area contributed by atoms with Crippen molar-refractivity contribution < 1.29 is 27.2 Å². The van der Waals surface area contributed by atoms with Crippen LogP contribution in [0.25, 0.3) is 11.0 Å². The van der Waals surface area contributed by atoms with Crippen LogP contribution in [-0.2, 0) is 4.79 Å². The highest BCUT2D eigenvalue weighted by Crippen LogP contribution is 2.19. The quantitative estimate of drug-likeness (QED) is 0.685. The summed E-state index contributed by atoms with van der Waals surface area (Å²) in [5.41, 5.74) is -0.816. The zero-order chi connectivity index (χ0) is 19.6. The molecule has 1 heterocycles. The molecular weight excluding hydrogens is 365 g/mol. The highest BCUT2D eigenvalue weighted by atomic mass is 19.2. The molecule has 2 amide bonds. The van der Waals surface area contributed by atoms with Crippen LogP contribution >= 0.6 is 0 Å². The topological polar surface area (TPSA) is 88.4 Å². The maximum Gasteiger partial charge on any atom is 0.287 e. The number of halogens is 3. The highest BCUT2D eigenvalue weighted by Gasteiger charge is 2.17. The van der Waals surface area contributed by atoms with E-state index in [2.05, 4.69) is 5.32 Å². The monoisotopic (exact) mass is 376 g/mol. The summed E-state index contributed by atoms with van der Waals surface area (Å²) in [6.07, 6.45) is 0. The Hall–Kier alpha value is -3.62. The second-order valence-electron chi connectivity index (χ2n) is 5.42. The second kappa shape index (κ2) is 7.32. The summed E-state index contributed by atoms with van der Waals surface area (Å²) in [6.45, 7) is -0.617. The molecule has 0 bridgehead atoms. The highest BCUT2D eigenvalue weighted by molar-refractivity contribution is 5.98. The van der Waals surface area contributed by atoms with Crippen LogP contribution in [0.1, 0.15) is 10.6 Å². The Kier molecular flexibility index (Phi) is 4.93. The van der Waals surface area contributed by atoms with Gasteiger partial charge in [-0.3, -0.25) is 14.4 Å². The Labute approximate surface area is 149 Å². The Morgan fingerprint density at radius 3 is 2.52 bits per heavy atom. The Morgan fingerprint density at radius 1 is 1.00 bits per heavy atom. The number of amides is 2. The van der Waals surface area contributed by atoms with Crippen molar-refractivity contribution in [1.82, 2.24) is 5.32 Å². The third kappa shape index (κ3) is 3.81. The molecule has 138 valence electrons. The first kappa shape index (κ1) is 18.2. The predicted octanol–water partition coefficient (Wildman–Crippen LogP) is 2.58. The standard InChI is InChI=1S/C18H11F3N2O4/c19-10-5-6-11(17(21)16(10)20)23-15(25)8-22-18(26)14-7-12(24)9-3-1-2-4-13(9)27-14/h1-7H,8H2,(H,22,26)(H,23,25). The third-order valence-electron chi connectivity index (χ3n) is 3.58. The number of carbonyl (C=O) groups is 2. The molecule has 9 heteroatoms. The fraction of sp³-hybridized carbons (Fsp3) is 0.0556. The molecule has 3 aromatic rings. The van der Waals surface area contributed by atoms with E-state index in [1.807, 2.05) is 5.32 Å². The van der Waals surface area contributed by atoms with Crippen LogP contribution in [-0.4, -0.2) is 18.4 Å². The van der Waals surface area contributed by atoms with E-state index < -0.39 is 46.9 Å². The second-order valence-corrected chi connectivity index (χ2v) is 5.42. The average Bonchev–Trinajstić information content (AvgIpc) is 2.66. The number of hydrogen-bond acceptors (Lipinski definition) is 4. The van der Waals surface area contributed by atoms with Gasteiger partial charge >= 0.3 is 0 Å². The molecule has 0 aliphatic carbocycles. The Bertz CT molecular complexity index is 1110. The van der Waals surface area contributed by atoms with Crippen molar-refractivity contribution in [3.8, 4) is 0 Å². The summed E-state index contributed by atoms with van der Waals surface area (Å²) in [4.78, 5) is 35.8. The van der Waals surface area contributed by atoms with E-state index in [1.54, 1.807) is 12.1 Å². The molecule has 0 aliphatic heterocycles. The van der Waals surface area contributed by atoms with Crippen molar-refractivity contribution in [3.63, 3.8) is 0 Å². The first-order valence-electron chi connectivity index (χ1n) is 7.61. The SMILES string of the molecule is O=C(CNC(=O)c1cc(=O)c2ccccc2o1)Nc1ccc(F)c(F)c1F. The largest absolute Gasteiger partial charge is 0.451 e. The molecule has 0 unspecified atom stereocenters. The average molecular weight is 376 g/mol. The number of anilines is 1. The maximum atomic E-state index is 13.5. The lowest BCUT2D eigenvalue weighted by molar-refractivity contribution is -0.115. The van der Waals surface area contributed by atoms with Crippen molar-refractivity contribution in [1.29, 1.82) is 0 Å². The molecule has 0 fully saturated rings. The number of carbonyl (C=O) groups excluding carboxylic acids is 2. The molecule has 27 heavy (non-hydrogen) atoms. The minimum absolute atomic E-state index is 0.198. The Morgan fingerprint density at radius 2 is 1.74 bits per heavy atom. The zero-order valence-electron chi connectivity index (χ0n) is 13.5. The van der Waals surface area contributed by atoms with Crippen LogP contribution in [0.15, 0.2) is 51.7 Å². The van der Waals surface area contributed by atoms with Crippen molar-refractivity contribution >= 4 is 28.5 Å². The number of benzene rings is 2. The lowest BCUT2D eigenvalue weighted by Crippen LogP contribution is -2.33. The van der Waals surface area contributed by atoms with Crippen LogP contribution in [0.2, 0.25) is 0 Å². The van der Waals surface area contributed by atoms with E-state index in [4.69, 9.17) is 4.42 Å². The Balaban J connectivity index is 1.68. The lowest BCUT2D eigenvalue weighted by Gasteiger charge is -2.08. The van der Waals surface area contributed by atoms with Gasteiger partial charge in [0.25, 0.3) is 5.91 Å². The molecule has 0 radical (unpaired) electrons. The maximum absolute atomic E-state index is 13.5. The number of rotatable bonds is 4. The first-order valence-corrected chi connectivity index (χ1v) is 7.61. The van der Waals surface area contributed by atoms with E-state index in [9.17, 15) is 27.6 Å². The summed E-state index contributed by atoms with van der Waals surface area (Å²) in [6, 6.07) is 8.77. The van der Waals surface area contributed by atoms with Crippen LogP contribution in [0.5, 0.6) is 0 Å². The van der Waals surface area contributed by atoms with Gasteiger partial charge in [-0.15, -0.1) is 0 Å². The number of para-hydroxylation sites is 1. The predicted molar refractivity (Wildman–Crippen MR) is 89.8 cm³/mol. The van der Waals surface area contributed by atoms with Gasteiger partial charge in [0.2, 0.25) is 5.91 Å². The van der Waals surface area contributed by atoms with Gasteiger partial charge in [-0.05, 0) is 24.3 Å². The summed E-state index contributed by atoms with van der Waals surface area (Å²) in [7, 11) is 0. The number of fused-ring (bicyclic) bond motifs is 1. The molecule has 0 aliphatic rings. The van der Waals surface area contributed by atoms with Gasteiger partial charge in [-0.2, -0.15) is 0 Å². The first-order chi connectivity index (χ1) is 12.9. The lowest BCUT2D eigenvalue weighted by atomic mass is 10.2. The van der Waals surface area contributed by atoms with Crippen LogP contribution in [0.4, 0.5) is 18.9 Å². The van der Waals surface area contributed by atoms with Gasteiger partial charge in [0.15, 0.2) is 28.6 Å². The van der Waals surface area contributed by atoms with Crippen molar-refractivity contribution in [2.75, 3.05) is 11.9 Å². The molecule has 6 nitrogen and oxygen atoms in total. The molecule has 2 N–H and O–H groups in total. The minimum Gasteiger partial charge on any atom is -0.451 e. The number of hydrogen-bond donors (Lipinski definition) is 2. The van der Waals surface area contributed by atoms with Gasteiger partial charge < -0.3 is 15.1 Å². The van der Waals surface area contributed by atoms with E-state index >= 15 is 0 Å². The fourth-order valence-corrected chi connectivity index (χ4v) is 2.28. The summed E-state index contributed by atoms with van der Waals surface area (Å²) >= 11 is 0. The molecule has 2 aromatic carbocycles. The van der Waals surface area contributed by atoms with Crippen LogP contribution in [0, 0.1) is 17.5 Å². The van der Waals surface area contributed by atoms with Gasteiger partial charge in [0.05, 0.1) is 17.6 Å². The van der Waals surface area contributed by atoms with Gasteiger partial charge in [0.1, 0.15) is 5.58 Å². The minimum atomic E-state index is -1.73. The van der Waals surface area contributed by atoms with Gasteiger partial charge in [-0.25, -0.2) is 13.2 Å². The molecule has 0 saturated heterocycles. The van der Waals surface area contributed by atoms with Gasteiger partial charge in [-0.1, -0.05) is 12.1 Å². The van der Waals surface area contributed by atoms with E-state index in [0.717, 1.165) is 12.1 Å².